The molecule has 2 aromatic carbocycles. The van der Waals surface area contributed by atoms with Crippen LogP contribution in [0, 0.1) is 18.3 Å². The topological polar surface area (TPSA) is 59.3 Å². The SMILES string of the molecule is Cc1ccc(OCCOC(=O)c2cccc(C#N)c2)cc1. The highest BCUT2D eigenvalue weighted by Crippen LogP contribution is 2.11. The van der Waals surface area contributed by atoms with E-state index in [0.717, 1.165) is 11.3 Å². The molecule has 2 aromatic rings. The van der Waals surface area contributed by atoms with Crippen LogP contribution in [0.5, 0.6) is 5.75 Å². The summed E-state index contributed by atoms with van der Waals surface area (Å²) < 4.78 is 10.6. The fourth-order valence-electron chi connectivity index (χ4n) is 1.73. The van der Waals surface area contributed by atoms with Gasteiger partial charge >= 0.3 is 5.97 Å². The van der Waals surface area contributed by atoms with Gasteiger partial charge < -0.3 is 9.47 Å². The molecule has 0 aliphatic heterocycles. The van der Waals surface area contributed by atoms with E-state index >= 15 is 0 Å². The minimum Gasteiger partial charge on any atom is -0.490 e. The van der Waals surface area contributed by atoms with Crippen molar-refractivity contribution in [2.75, 3.05) is 13.2 Å². The third kappa shape index (κ3) is 4.36. The summed E-state index contributed by atoms with van der Waals surface area (Å²) in [6.07, 6.45) is 0. The van der Waals surface area contributed by atoms with Crippen molar-refractivity contribution in [2.24, 2.45) is 0 Å². The molecule has 0 saturated heterocycles. The molecule has 2 rings (SSSR count). The highest BCUT2D eigenvalue weighted by Gasteiger charge is 2.07. The van der Waals surface area contributed by atoms with Crippen molar-refractivity contribution in [1.82, 2.24) is 0 Å². The Morgan fingerprint density at radius 2 is 1.90 bits per heavy atom. The van der Waals surface area contributed by atoms with Crippen molar-refractivity contribution >= 4 is 5.97 Å². The van der Waals surface area contributed by atoms with E-state index in [0.29, 0.717) is 11.1 Å². The number of nitrogens with zero attached hydrogens (tertiary/aromatic N) is 1. The standard InChI is InChI=1S/C17H15NO3/c1-13-5-7-16(8-6-13)20-9-10-21-17(19)15-4-2-3-14(11-15)12-18/h2-8,11H,9-10H2,1H3. The molecule has 0 heterocycles. The smallest absolute Gasteiger partial charge is 0.338 e. The van der Waals surface area contributed by atoms with Gasteiger partial charge in [0.1, 0.15) is 19.0 Å². The molecule has 0 aliphatic carbocycles. The molecule has 4 heteroatoms. The second kappa shape index (κ2) is 7.11. The summed E-state index contributed by atoms with van der Waals surface area (Å²) in [5.41, 5.74) is 1.95. The van der Waals surface area contributed by atoms with Gasteiger partial charge in [-0.1, -0.05) is 23.8 Å². The zero-order valence-electron chi connectivity index (χ0n) is 11.7. The highest BCUT2D eigenvalue weighted by atomic mass is 16.6. The number of carbonyl (C=O) groups is 1. The summed E-state index contributed by atoms with van der Waals surface area (Å²) in [7, 11) is 0. The van der Waals surface area contributed by atoms with E-state index in [9.17, 15) is 4.79 Å². The predicted octanol–water partition coefficient (Wildman–Crippen LogP) is 3.10. The molecular weight excluding hydrogens is 266 g/mol. The van der Waals surface area contributed by atoms with Crippen molar-refractivity contribution < 1.29 is 14.3 Å². The van der Waals surface area contributed by atoms with Crippen LogP contribution >= 0.6 is 0 Å². The van der Waals surface area contributed by atoms with E-state index in [2.05, 4.69) is 0 Å². The number of nitriles is 1. The fourth-order valence-corrected chi connectivity index (χ4v) is 1.73. The maximum absolute atomic E-state index is 11.8. The Bertz CT molecular complexity index is 656. The Kier molecular flexibility index (Phi) is 4.94. The zero-order valence-corrected chi connectivity index (χ0v) is 11.7. The zero-order chi connectivity index (χ0) is 15.1. The van der Waals surface area contributed by atoms with Crippen LogP contribution in [0.2, 0.25) is 0 Å². The normalized spacial score (nSPS) is 9.71. The van der Waals surface area contributed by atoms with Gasteiger partial charge in [0.05, 0.1) is 17.2 Å². The van der Waals surface area contributed by atoms with Crippen molar-refractivity contribution in [3.8, 4) is 11.8 Å². The van der Waals surface area contributed by atoms with Crippen LogP contribution in [0.4, 0.5) is 0 Å². The molecule has 0 amide bonds. The summed E-state index contributed by atoms with van der Waals surface area (Å²) in [6.45, 7) is 2.44. The second-order valence-electron chi connectivity index (χ2n) is 4.49. The number of ether oxygens (including phenoxy) is 2. The molecule has 0 unspecified atom stereocenters. The van der Waals surface area contributed by atoms with Gasteiger partial charge in [-0.2, -0.15) is 5.26 Å². The van der Waals surface area contributed by atoms with E-state index in [1.54, 1.807) is 18.2 Å². The molecule has 0 atom stereocenters. The molecule has 0 spiro atoms. The molecule has 0 radical (unpaired) electrons. The monoisotopic (exact) mass is 281 g/mol. The lowest BCUT2D eigenvalue weighted by Crippen LogP contribution is -2.12. The van der Waals surface area contributed by atoms with Gasteiger partial charge in [0.25, 0.3) is 0 Å². The number of hydrogen-bond acceptors (Lipinski definition) is 4. The molecule has 0 saturated carbocycles. The van der Waals surface area contributed by atoms with Gasteiger partial charge in [-0.05, 0) is 37.3 Å². The number of carbonyl (C=O) groups excluding carboxylic acids is 1. The Morgan fingerprint density at radius 1 is 1.14 bits per heavy atom. The van der Waals surface area contributed by atoms with Gasteiger partial charge in [-0.25, -0.2) is 4.79 Å². The molecule has 0 aromatic heterocycles. The van der Waals surface area contributed by atoms with Gasteiger partial charge in [0.2, 0.25) is 0 Å². The van der Waals surface area contributed by atoms with Crippen LogP contribution in [0.25, 0.3) is 0 Å². The van der Waals surface area contributed by atoms with Gasteiger partial charge in [-0.15, -0.1) is 0 Å². The van der Waals surface area contributed by atoms with Crippen molar-refractivity contribution in [3.63, 3.8) is 0 Å². The first kappa shape index (κ1) is 14.6. The summed E-state index contributed by atoms with van der Waals surface area (Å²) in [4.78, 5) is 11.8. The number of rotatable bonds is 5. The minimum atomic E-state index is -0.459. The molecule has 0 bridgehead atoms. The molecule has 106 valence electrons. The van der Waals surface area contributed by atoms with Gasteiger partial charge in [0, 0.05) is 0 Å². The van der Waals surface area contributed by atoms with E-state index < -0.39 is 5.97 Å². The van der Waals surface area contributed by atoms with Crippen molar-refractivity contribution in [2.45, 2.75) is 6.92 Å². The average Bonchev–Trinajstić information content (AvgIpc) is 2.53. The molecule has 4 nitrogen and oxygen atoms in total. The third-order valence-electron chi connectivity index (χ3n) is 2.83. The van der Waals surface area contributed by atoms with Crippen LogP contribution in [-0.2, 0) is 4.74 Å². The van der Waals surface area contributed by atoms with Crippen LogP contribution in [-0.4, -0.2) is 19.2 Å². The number of aryl methyl sites for hydroxylation is 1. The number of esters is 1. The van der Waals surface area contributed by atoms with Gasteiger partial charge in [0.15, 0.2) is 0 Å². The first-order valence-corrected chi connectivity index (χ1v) is 6.56. The molecule has 0 N–H and O–H groups in total. The lowest BCUT2D eigenvalue weighted by Gasteiger charge is -2.07. The Labute approximate surface area is 123 Å². The van der Waals surface area contributed by atoms with Gasteiger partial charge in [-0.3, -0.25) is 0 Å². The largest absolute Gasteiger partial charge is 0.490 e. The maximum Gasteiger partial charge on any atom is 0.338 e. The average molecular weight is 281 g/mol. The lowest BCUT2D eigenvalue weighted by molar-refractivity contribution is 0.0450. The number of hydrogen-bond donors (Lipinski definition) is 0. The first-order valence-electron chi connectivity index (χ1n) is 6.56. The molecule has 21 heavy (non-hydrogen) atoms. The Balaban J connectivity index is 1.79. The van der Waals surface area contributed by atoms with Crippen molar-refractivity contribution in [3.05, 3.63) is 65.2 Å². The molecule has 0 fully saturated rings. The molecular formula is C17H15NO3. The molecule has 0 aliphatic rings. The minimum absolute atomic E-state index is 0.156. The quantitative estimate of drug-likeness (QED) is 0.624. The van der Waals surface area contributed by atoms with E-state index in [4.69, 9.17) is 14.7 Å². The highest BCUT2D eigenvalue weighted by molar-refractivity contribution is 5.89. The van der Waals surface area contributed by atoms with Crippen LogP contribution in [0.3, 0.4) is 0 Å². The summed E-state index contributed by atoms with van der Waals surface area (Å²) in [5, 5.41) is 8.78. The van der Waals surface area contributed by atoms with Crippen LogP contribution in [0.15, 0.2) is 48.5 Å². The summed E-state index contributed by atoms with van der Waals surface area (Å²) >= 11 is 0. The lowest BCUT2D eigenvalue weighted by atomic mass is 10.1. The third-order valence-corrected chi connectivity index (χ3v) is 2.83. The van der Waals surface area contributed by atoms with Crippen LogP contribution in [0.1, 0.15) is 21.5 Å². The summed E-state index contributed by atoms with van der Waals surface area (Å²) in [6, 6.07) is 16.0. The number of benzene rings is 2. The summed E-state index contributed by atoms with van der Waals surface area (Å²) in [5.74, 6) is 0.280. The first-order chi connectivity index (χ1) is 10.2. The Hall–Kier alpha value is -2.80. The van der Waals surface area contributed by atoms with E-state index in [-0.39, 0.29) is 13.2 Å². The van der Waals surface area contributed by atoms with Crippen molar-refractivity contribution in [1.29, 1.82) is 5.26 Å². The van der Waals surface area contributed by atoms with E-state index in [1.165, 1.54) is 6.07 Å². The second-order valence-corrected chi connectivity index (χ2v) is 4.49. The fraction of sp³-hybridized carbons (Fsp3) is 0.176. The Morgan fingerprint density at radius 3 is 2.62 bits per heavy atom. The maximum atomic E-state index is 11.8. The predicted molar refractivity (Wildman–Crippen MR) is 78.1 cm³/mol. The van der Waals surface area contributed by atoms with Crippen LogP contribution < -0.4 is 4.74 Å². The van der Waals surface area contributed by atoms with E-state index in [1.807, 2.05) is 37.3 Å².